The highest BCUT2D eigenvalue weighted by Gasteiger charge is 2.18. The SMILES string of the molecule is O=C(COc1ccc(-c2ccccc2)cc1)N1CC[NH2+]CC1. The Bertz CT molecular complexity index is 605. The van der Waals surface area contributed by atoms with Crippen LogP contribution in [0.5, 0.6) is 5.75 Å². The highest BCUT2D eigenvalue weighted by Crippen LogP contribution is 2.22. The van der Waals surface area contributed by atoms with Crippen LogP contribution < -0.4 is 10.1 Å². The third-order valence-electron chi connectivity index (χ3n) is 3.88. The molecule has 0 aromatic heterocycles. The Morgan fingerprint density at radius 1 is 0.955 bits per heavy atom. The first-order valence-corrected chi connectivity index (χ1v) is 7.71. The van der Waals surface area contributed by atoms with E-state index in [0.29, 0.717) is 0 Å². The minimum atomic E-state index is 0.0697. The van der Waals surface area contributed by atoms with E-state index >= 15 is 0 Å². The summed E-state index contributed by atoms with van der Waals surface area (Å²) in [4.78, 5) is 13.9. The molecule has 2 aromatic carbocycles. The molecule has 1 aliphatic rings. The Kier molecular flexibility index (Phi) is 4.71. The highest BCUT2D eigenvalue weighted by molar-refractivity contribution is 5.77. The molecule has 4 heteroatoms. The number of nitrogens with two attached hydrogens (primary N) is 1. The molecule has 1 saturated heterocycles. The summed E-state index contributed by atoms with van der Waals surface area (Å²) in [6.07, 6.45) is 0. The average Bonchev–Trinajstić information content (AvgIpc) is 2.61. The number of carbonyl (C=O) groups is 1. The van der Waals surface area contributed by atoms with Crippen LogP contribution in [0.2, 0.25) is 0 Å². The second-order valence-electron chi connectivity index (χ2n) is 5.43. The number of hydrogen-bond acceptors (Lipinski definition) is 2. The molecule has 0 bridgehead atoms. The van der Waals surface area contributed by atoms with Crippen LogP contribution in [0, 0.1) is 0 Å². The summed E-state index contributed by atoms with van der Waals surface area (Å²) in [6.45, 7) is 3.71. The number of quaternary nitrogens is 1. The van der Waals surface area contributed by atoms with Gasteiger partial charge in [-0.3, -0.25) is 4.79 Å². The molecular formula is C18H21N2O2+. The van der Waals surface area contributed by atoms with Gasteiger partial charge in [-0.05, 0) is 23.3 Å². The molecule has 4 nitrogen and oxygen atoms in total. The van der Waals surface area contributed by atoms with Gasteiger partial charge in [0.25, 0.3) is 5.91 Å². The van der Waals surface area contributed by atoms with Crippen LogP contribution in [0.4, 0.5) is 0 Å². The lowest BCUT2D eigenvalue weighted by atomic mass is 10.1. The van der Waals surface area contributed by atoms with Crippen molar-refractivity contribution in [3.05, 3.63) is 54.6 Å². The fourth-order valence-electron chi connectivity index (χ4n) is 2.61. The number of rotatable bonds is 4. The first-order chi connectivity index (χ1) is 10.8. The maximum absolute atomic E-state index is 12.0. The van der Waals surface area contributed by atoms with Crippen molar-refractivity contribution in [2.24, 2.45) is 0 Å². The highest BCUT2D eigenvalue weighted by atomic mass is 16.5. The number of benzene rings is 2. The van der Waals surface area contributed by atoms with Gasteiger partial charge in [-0.2, -0.15) is 0 Å². The van der Waals surface area contributed by atoms with Crippen molar-refractivity contribution < 1.29 is 14.8 Å². The van der Waals surface area contributed by atoms with Gasteiger partial charge >= 0.3 is 0 Å². The summed E-state index contributed by atoms with van der Waals surface area (Å²) in [5, 5.41) is 2.23. The van der Waals surface area contributed by atoms with Crippen LogP contribution >= 0.6 is 0 Å². The zero-order chi connectivity index (χ0) is 15.2. The largest absolute Gasteiger partial charge is 0.484 e. The van der Waals surface area contributed by atoms with Crippen molar-refractivity contribution in [2.75, 3.05) is 32.8 Å². The molecule has 1 aliphatic heterocycles. The number of amides is 1. The Morgan fingerprint density at radius 3 is 2.27 bits per heavy atom. The molecular weight excluding hydrogens is 276 g/mol. The summed E-state index contributed by atoms with van der Waals surface area (Å²) in [5.74, 6) is 0.803. The summed E-state index contributed by atoms with van der Waals surface area (Å²) >= 11 is 0. The minimum Gasteiger partial charge on any atom is -0.484 e. The fraction of sp³-hybridized carbons (Fsp3) is 0.278. The summed E-state index contributed by atoms with van der Waals surface area (Å²) in [5.41, 5.74) is 2.32. The van der Waals surface area contributed by atoms with Crippen LogP contribution in [0.15, 0.2) is 54.6 Å². The Labute approximate surface area is 130 Å². The van der Waals surface area contributed by atoms with Gasteiger partial charge in [0, 0.05) is 0 Å². The number of nitrogens with zero attached hydrogens (tertiary/aromatic N) is 1. The summed E-state index contributed by atoms with van der Waals surface area (Å²) in [6, 6.07) is 18.1. The van der Waals surface area contributed by atoms with Crippen LogP contribution in [-0.4, -0.2) is 43.6 Å². The topological polar surface area (TPSA) is 46.1 Å². The number of piperazine rings is 1. The predicted molar refractivity (Wildman–Crippen MR) is 85.6 cm³/mol. The number of carbonyl (C=O) groups excluding carboxylic acids is 1. The van der Waals surface area contributed by atoms with E-state index in [1.807, 2.05) is 47.4 Å². The smallest absolute Gasteiger partial charge is 0.260 e. The van der Waals surface area contributed by atoms with Crippen LogP contribution in [0.25, 0.3) is 11.1 Å². The molecule has 114 valence electrons. The van der Waals surface area contributed by atoms with Gasteiger partial charge in [-0.15, -0.1) is 0 Å². The van der Waals surface area contributed by atoms with Gasteiger partial charge in [0.1, 0.15) is 5.75 Å². The first kappa shape index (κ1) is 14.6. The molecule has 0 saturated carbocycles. The zero-order valence-electron chi connectivity index (χ0n) is 12.6. The zero-order valence-corrected chi connectivity index (χ0v) is 12.6. The Morgan fingerprint density at radius 2 is 1.59 bits per heavy atom. The first-order valence-electron chi connectivity index (χ1n) is 7.71. The standard InChI is InChI=1S/C18H20N2O2/c21-18(20-12-10-19-11-13-20)14-22-17-8-6-16(7-9-17)15-4-2-1-3-5-15/h1-9,19H,10-14H2/p+1. The lowest BCUT2D eigenvalue weighted by molar-refractivity contribution is -0.662. The molecule has 2 N–H and O–H groups in total. The maximum atomic E-state index is 12.0. The molecule has 1 heterocycles. The Hall–Kier alpha value is -2.33. The third kappa shape index (κ3) is 3.65. The van der Waals surface area contributed by atoms with Gasteiger partial charge in [0.15, 0.2) is 6.61 Å². The minimum absolute atomic E-state index is 0.0697. The number of ether oxygens (including phenoxy) is 1. The molecule has 1 fully saturated rings. The van der Waals surface area contributed by atoms with Crippen molar-refractivity contribution in [3.63, 3.8) is 0 Å². The van der Waals surface area contributed by atoms with E-state index in [1.54, 1.807) is 0 Å². The van der Waals surface area contributed by atoms with Crippen LogP contribution in [0.3, 0.4) is 0 Å². The monoisotopic (exact) mass is 297 g/mol. The molecule has 0 unspecified atom stereocenters. The molecule has 0 spiro atoms. The fourth-order valence-corrected chi connectivity index (χ4v) is 2.61. The van der Waals surface area contributed by atoms with Gasteiger partial charge in [-0.1, -0.05) is 42.5 Å². The number of hydrogen-bond donors (Lipinski definition) is 1. The van der Waals surface area contributed by atoms with Gasteiger partial charge < -0.3 is 15.0 Å². The molecule has 0 aliphatic carbocycles. The normalized spacial score (nSPS) is 14.6. The third-order valence-corrected chi connectivity index (χ3v) is 3.88. The lowest BCUT2D eigenvalue weighted by Crippen LogP contribution is -2.90. The molecule has 0 radical (unpaired) electrons. The second kappa shape index (κ2) is 7.09. The van der Waals surface area contributed by atoms with Crippen molar-refractivity contribution >= 4 is 5.91 Å². The van der Waals surface area contributed by atoms with Crippen molar-refractivity contribution in [2.45, 2.75) is 0 Å². The summed E-state index contributed by atoms with van der Waals surface area (Å²) < 4.78 is 5.61. The quantitative estimate of drug-likeness (QED) is 0.920. The predicted octanol–water partition coefficient (Wildman–Crippen LogP) is 1.14. The Balaban J connectivity index is 1.56. The van der Waals surface area contributed by atoms with E-state index < -0.39 is 0 Å². The molecule has 3 rings (SSSR count). The molecule has 1 amide bonds. The maximum Gasteiger partial charge on any atom is 0.260 e. The van der Waals surface area contributed by atoms with E-state index in [9.17, 15) is 4.79 Å². The van der Waals surface area contributed by atoms with Crippen LogP contribution in [-0.2, 0) is 4.79 Å². The lowest BCUT2D eigenvalue weighted by Gasteiger charge is -2.25. The van der Waals surface area contributed by atoms with Gasteiger partial charge in [0.05, 0.1) is 26.2 Å². The van der Waals surface area contributed by atoms with Gasteiger partial charge in [-0.25, -0.2) is 0 Å². The second-order valence-corrected chi connectivity index (χ2v) is 5.43. The van der Waals surface area contributed by atoms with E-state index in [4.69, 9.17) is 4.74 Å². The van der Waals surface area contributed by atoms with E-state index in [-0.39, 0.29) is 12.5 Å². The van der Waals surface area contributed by atoms with Crippen LogP contribution in [0.1, 0.15) is 0 Å². The molecule has 2 aromatic rings. The summed E-state index contributed by atoms with van der Waals surface area (Å²) in [7, 11) is 0. The van der Waals surface area contributed by atoms with E-state index in [1.165, 1.54) is 5.56 Å². The molecule has 0 atom stereocenters. The van der Waals surface area contributed by atoms with E-state index in [2.05, 4.69) is 17.4 Å². The van der Waals surface area contributed by atoms with Gasteiger partial charge in [0.2, 0.25) is 0 Å². The molecule has 22 heavy (non-hydrogen) atoms. The van der Waals surface area contributed by atoms with E-state index in [0.717, 1.165) is 37.5 Å². The van der Waals surface area contributed by atoms with Crippen molar-refractivity contribution in [3.8, 4) is 16.9 Å². The van der Waals surface area contributed by atoms with Crippen molar-refractivity contribution in [1.82, 2.24) is 4.90 Å². The average molecular weight is 297 g/mol. The van der Waals surface area contributed by atoms with Crippen molar-refractivity contribution in [1.29, 1.82) is 0 Å².